The maximum atomic E-state index is 13.3. The van der Waals surface area contributed by atoms with Gasteiger partial charge in [-0.15, -0.1) is 0 Å². The number of phenols is 1. The van der Waals surface area contributed by atoms with Crippen molar-refractivity contribution in [1.29, 1.82) is 0 Å². The first-order chi connectivity index (χ1) is 11.8. The molecular formula is C16H11F5O4S. The van der Waals surface area contributed by atoms with Crippen LogP contribution in [-0.4, -0.2) is 12.2 Å². The third-order valence-corrected chi connectivity index (χ3v) is 4.75. The largest absolute Gasteiger partial charge is 0.504 e. The molecule has 1 N–H and O–H groups in total. The Kier molecular flexibility index (Phi) is 3.41. The topological polar surface area (TPSA) is 59.7 Å². The van der Waals surface area contributed by atoms with Crippen LogP contribution in [0.5, 0.6) is 11.5 Å². The predicted octanol–water partition coefficient (Wildman–Crippen LogP) is 5.83. The van der Waals surface area contributed by atoms with E-state index in [9.17, 15) is 29.3 Å². The number of methoxy groups -OCH3 is 1. The van der Waals surface area contributed by atoms with Gasteiger partial charge in [0.05, 0.1) is 12.5 Å². The SMILES string of the molecule is COc1cc(-c2cc(=O)c3cccc(S(F)(F)(F)(F)F)c3o2)ccc1O. The van der Waals surface area contributed by atoms with E-state index >= 15 is 0 Å². The molecule has 0 aliphatic heterocycles. The van der Waals surface area contributed by atoms with Gasteiger partial charge >= 0.3 is 10.2 Å². The van der Waals surface area contributed by atoms with E-state index in [-0.39, 0.29) is 28.9 Å². The van der Waals surface area contributed by atoms with Gasteiger partial charge in [0.1, 0.15) is 10.7 Å². The van der Waals surface area contributed by atoms with E-state index in [1.807, 2.05) is 0 Å². The zero-order valence-corrected chi connectivity index (χ0v) is 13.8. The Morgan fingerprint density at radius 2 is 1.73 bits per heavy atom. The molecule has 0 spiro atoms. The molecule has 140 valence electrons. The highest BCUT2D eigenvalue weighted by atomic mass is 32.5. The van der Waals surface area contributed by atoms with Crippen LogP contribution in [0.1, 0.15) is 0 Å². The van der Waals surface area contributed by atoms with E-state index in [1.165, 1.54) is 19.2 Å². The van der Waals surface area contributed by atoms with Crippen LogP contribution in [0.2, 0.25) is 0 Å². The molecule has 2 aromatic carbocycles. The summed E-state index contributed by atoms with van der Waals surface area (Å²) in [5.41, 5.74) is -2.10. The number of benzene rings is 2. The van der Waals surface area contributed by atoms with E-state index in [4.69, 9.17) is 9.15 Å². The fourth-order valence-corrected chi connectivity index (χ4v) is 3.27. The molecule has 0 saturated heterocycles. The molecule has 0 aliphatic carbocycles. The van der Waals surface area contributed by atoms with Gasteiger partial charge in [-0.3, -0.25) is 4.79 Å². The van der Waals surface area contributed by atoms with Crippen LogP contribution in [0.25, 0.3) is 22.3 Å². The summed E-state index contributed by atoms with van der Waals surface area (Å²) in [6.07, 6.45) is 0. The van der Waals surface area contributed by atoms with Crippen LogP contribution < -0.4 is 10.2 Å². The van der Waals surface area contributed by atoms with E-state index in [1.54, 1.807) is 0 Å². The van der Waals surface area contributed by atoms with Crippen LogP contribution in [0.4, 0.5) is 19.4 Å². The first-order valence-electron chi connectivity index (χ1n) is 6.98. The maximum Gasteiger partial charge on any atom is 0.313 e. The molecule has 4 nitrogen and oxygen atoms in total. The zero-order valence-electron chi connectivity index (χ0n) is 13.0. The first kappa shape index (κ1) is 18.1. The first-order valence-corrected chi connectivity index (χ1v) is 8.93. The van der Waals surface area contributed by atoms with Crippen molar-refractivity contribution in [3.63, 3.8) is 0 Å². The van der Waals surface area contributed by atoms with Gasteiger partial charge in [0, 0.05) is 11.6 Å². The van der Waals surface area contributed by atoms with Gasteiger partial charge in [-0.25, -0.2) is 0 Å². The zero-order chi connectivity index (χ0) is 19.4. The second-order valence-electron chi connectivity index (χ2n) is 5.46. The lowest BCUT2D eigenvalue weighted by Crippen LogP contribution is -2.09. The van der Waals surface area contributed by atoms with E-state index in [2.05, 4.69) is 0 Å². The van der Waals surface area contributed by atoms with E-state index < -0.39 is 31.5 Å². The monoisotopic (exact) mass is 394 g/mol. The van der Waals surface area contributed by atoms with Gasteiger partial charge in [-0.1, -0.05) is 25.5 Å². The minimum absolute atomic E-state index is 0.0359. The van der Waals surface area contributed by atoms with Crippen molar-refractivity contribution in [2.24, 2.45) is 0 Å². The van der Waals surface area contributed by atoms with Gasteiger partial charge in [0.2, 0.25) is 0 Å². The average Bonchev–Trinajstić information content (AvgIpc) is 2.52. The molecule has 3 aromatic rings. The van der Waals surface area contributed by atoms with E-state index in [0.717, 1.165) is 24.3 Å². The number of aromatic hydroxyl groups is 1. The lowest BCUT2D eigenvalue weighted by Gasteiger charge is -2.40. The molecule has 0 radical (unpaired) electrons. The Hall–Kier alpha value is -2.75. The Morgan fingerprint density at radius 1 is 1.04 bits per heavy atom. The fraction of sp³-hybridized carbons (Fsp3) is 0.0625. The average molecular weight is 394 g/mol. The molecular weight excluding hydrogens is 383 g/mol. The van der Waals surface area contributed by atoms with Crippen LogP contribution >= 0.6 is 10.2 Å². The van der Waals surface area contributed by atoms with Crippen LogP contribution in [0.15, 0.2) is 56.6 Å². The summed E-state index contributed by atoms with van der Waals surface area (Å²) in [5.74, 6) is -0.673. The highest BCUT2D eigenvalue weighted by Gasteiger charge is 2.67. The third-order valence-electron chi connectivity index (χ3n) is 3.60. The third kappa shape index (κ3) is 3.19. The Bertz CT molecular complexity index is 1090. The van der Waals surface area contributed by atoms with Crippen LogP contribution in [-0.2, 0) is 0 Å². The number of halogens is 5. The molecule has 0 saturated carbocycles. The molecule has 0 amide bonds. The van der Waals surface area contributed by atoms with Crippen molar-refractivity contribution in [2.75, 3.05) is 7.11 Å². The lowest BCUT2D eigenvalue weighted by atomic mass is 10.1. The summed E-state index contributed by atoms with van der Waals surface area (Å²) in [6.45, 7) is 0. The van der Waals surface area contributed by atoms with Gasteiger partial charge < -0.3 is 14.3 Å². The van der Waals surface area contributed by atoms with Crippen molar-refractivity contribution in [1.82, 2.24) is 0 Å². The van der Waals surface area contributed by atoms with Crippen molar-refractivity contribution >= 4 is 21.2 Å². The molecule has 1 aromatic heterocycles. The van der Waals surface area contributed by atoms with Crippen molar-refractivity contribution < 1.29 is 33.7 Å². The number of ether oxygens (including phenoxy) is 1. The molecule has 0 fully saturated rings. The number of para-hydroxylation sites is 1. The summed E-state index contributed by atoms with van der Waals surface area (Å²) < 4.78 is 76.4. The fourth-order valence-electron chi connectivity index (χ4n) is 2.43. The molecule has 1 heterocycles. The normalized spacial score (nSPS) is 14.7. The molecule has 0 atom stereocenters. The summed E-state index contributed by atoms with van der Waals surface area (Å²) >= 11 is 0. The number of fused-ring (bicyclic) bond motifs is 1. The van der Waals surface area contributed by atoms with Crippen LogP contribution in [0, 0.1) is 0 Å². The van der Waals surface area contributed by atoms with Gasteiger partial charge in [-0.2, -0.15) is 0 Å². The highest BCUT2D eigenvalue weighted by Crippen LogP contribution is 3.02. The molecule has 10 heteroatoms. The summed E-state index contributed by atoms with van der Waals surface area (Å²) in [7, 11) is -8.85. The Labute approximate surface area is 143 Å². The minimum Gasteiger partial charge on any atom is -0.504 e. The molecule has 0 unspecified atom stereocenters. The molecule has 3 rings (SSSR count). The summed E-state index contributed by atoms with van der Waals surface area (Å²) in [5, 5.41) is 8.95. The van der Waals surface area contributed by atoms with Gasteiger partial charge in [0.15, 0.2) is 22.5 Å². The van der Waals surface area contributed by atoms with Gasteiger partial charge in [0.25, 0.3) is 0 Å². The Balaban J connectivity index is 2.37. The highest BCUT2D eigenvalue weighted by molar-refractivity contribution is 8.46. The number of hydrogen-bond donors (Lipinski definition) is 1. The quantitative estimate of drug-likeness (QED) is 0.568. The van der Waals surface area contributed by atoms with Crippen LogP contribution in [0.3, 0.4) is 0 Å². The second kappa shape index (κ2) is 4.91. The molecule has 0 aliphatic rings. The second-order valence-corrected chi connectivity index (χ2v) is 7.84. The summed E-state index contributed by atoms with van der Waals surface area (Å²) in [4.78, 5) is 9.87. The lowest BCUT2D eigenvalue weighted by molar-refractivity contribution is 0.363. The predicted molar refractivity (Wildman–Crippen MR) is 87.5 cm³/mol. The standard InChI is InChI=1S/C16H11F5O4S/c1-24-14-7-9(5-6-11(14)22)13-8-12(23)10-3-2-4-15(16(10)25-13)26(17,18,19,20)21/h2-8,22H,1H3. The molecule has 26 heavy (non-hydrogen) atoms. The smallest absolute Gasteiger partial charge is 0.313 e. The van der Waals surface area contributed by atoms with Crippen molar-refractivity contribution in [2.45, 2.75) is 4.90 Å². The van der Waals surface area contributed by atoms with E-state index in [0.29, 0.717) is 0 Å². The Morgan fingerprint density at radius 3 is 2.35 bits per heavy atom. The minimum atomic E-state index is -10.1. The van der Waals surface area contributed by atoms with Crippen molar-refractivity contribution in [3.8, 4) is 22.8 Å². The van der Waals surface area contributed by atoms with Crippen molar-refractivity contribution in [3.05, 3.63) is 52.7 Å². The number of hydrogen-bond acceptors (Lipinski definition) is 4. The number of rotatable bonds is 3. The van der Waals surface area contributed by atoms with Gasteiger partial charge in [-0.05, 0) is 30.3 Å². The number of phenolic OH excluding ortho intramolecular Hbond substituents is 1. The molecule has 0 bridgehead atoms. The maximum absolute atomic E-state index is 13.3. The summed E-state index contributed by atoms with van der Waals surface area (Å²) in [6, 6.07) is 6.34.